The van der Waals surface area contributed by atoms with Crippen LogP contribution in [0, 0.1) is 28.1 Å². The van der Waals surface area contributed by atoms with Gasteiger partial charge in [-0.05, 0) is 12.8 Å². The Kier molecular flexibility index (Phi) is 20.7. The maximum atomic E-state index is 9.66. The van der Waals surface area contributed by atoms with Gasteiger partial charge in [0.2, 0.25) is 0 Å². The standard InChI is InChI=1S/C31H56N2/c32-29-31(30-33)27-25-23-21-19-17-15-13-11-9-7-5-3-1-2-4-6-8-10-12-14-16-18-20-22-24-26-28-31/h1-28H2. The highest BCUT2D eigenvalue weighted by atomic mass is 14.4. The smallest absolute Gasteiger partial charge is 0.143 e. The molecule has 0 unspecified atom stereocenters. The van der Waals surface area contributed by atoms with Crippen molar-refractivity contribution in [2.24, 2.45) is 5.41 Å². The van der Waals surface area contributed by atoms with Gasteiger partial charge in [-0.15, -0.1) is 0 Å². The highest BCUT2D eigenvalue weighted by Crippen LogP contribution is 2.30. The summed E-state index contributed by atoms with van der Waals surface area (Å²) in [5.41, 5.74) is -0.721. The van der Waals surface area contributed by atoms with E-state index < -0.39 is 5.41 Å². The fraction of sp³-hybridized carbons (Fsp3) is 0.935. The van der Waals surface area contributed by atoms with Gasteiger partial charge in [0.05, 0.1) is 12.1 Å². The Balaban J connectivity index is 2.25. The van der Waals surface area contributed by atoms with E-state index in [-0.39, 0.29) is 0 Å². The summed E-state index contributed by atoms with van der Waals surface area (Å²) in [5.74, 6) is 0. The van der Waals surface area contributed by atoms with E-state index in [1.165, 1.54) is 154 Å². The molecule has 0 amide bonds. The molecule has 2 nitrogen and oxygen atoms in total. The zero-order valence-corrected chi connectivity index (χ0v) is 22.2. The van der Waals surface area contributed by atoms with Crippen LogP contribution < -0.4 is 0 Å². The minimum Gasteiger partial charge on any atom is -0.197 e. The maximum Gasteiger partial charge on any atom is 0.143 e. The third kappa shape index (κ3) is 18.0. The molecular formula is C31H56N2. The molecule has 0 spiro atoms. The van der Waals surface area contributed by atoms with Gasteiger partial charge in [-0.3, -0.25) is 0 Å². The first-order chi connectivity index (χ1) is 16.3. The largest absolute Gasteiger partial charge is 0.197 e. The molecular weight excluding hydrogens is 400 g/mol. The van der Waals surface area contributed by atoms with Gasteiger partial charge in [0.25, 0.3) is 0 Å². The van der Waals surface area contributed by atoms with Crippen LogP contribution in [-0.4, -0.2) is 0 Å². The molecule has 2 heteroatoms. The number of rotatable bonds is 0. The molecule has 1 saturated carbocycles. The van der Waals surface area contributed by atoms with Gasteiger partial charge in [0.15, 0.2) is 0 Å². The Hall–Kier alpha value is -1.02. The van der Waals surface area contributed by atoms with Crippen molar-refractivity contribution in [2.75, 3.05) is 0 Å². The summed E-state index contributed by atoms with van der Waals surface area (Å²) in [6, 6.07) is 4.77. The summed E-state index contributed by atoms with van der Waals surface area (Å²) in [7, 11) is 0. The molecule has 0 aromatic rings. The lowest BCUT2D eigenvalue weighted by atomic mass is 9.80. The number of hydrogen-bond acceptors (Lipinski definition) is 2. The second kappa shape index (κ2) is 22.8. The minimum atomic E-state index is -0.721. The predicted molar refractivity (Wildman–Crippen MR) is 143 cm³/mol. The lowest BCUT2D eigenvalue weighted by molar-refractivity contribution is 0.390. The van der Waals surface area contributed by atoms with Gasteiger partial charge in [0.1, 0.15) is 5.41 Å². The van der Waals surface area contributed by atoms with E-state index in [1.807, 2.05) is 0 Å². The Labute approximate surface area is 207 Å². The highest BCUT2D eigenvalue weighted by molar-refractivity contribution is 5.13. The van der Waals surface area contributed by atoms with Crippen molar-refractivity contribution in [3.05, 3.63) is 0 Å². The average Bonchev–Trinajstić information content (AvgIpc) is 2.84. The van der Waals surface area contributed by atoms with Gasteiger partial charge in [-0.25, -0.2) is 0 Å². The van der Waals surface area contributed by atoms with Crippen LogP contribution in [0.25, 0.3) is 0 Å². The van der Waals surface area contributed by atoms with Gasteiger partial charge in [-0.1, -0.05) is 167 Å². The lowest BCUT2D eigenvalue weighted by Crippen LogP contribution is -2.16. The van der Waals surface area contributed by atoms with Crippen LogP contribution in [0.1, 0.15) is 180 Å². The van der Waals surface area contributed by atoms with E-state index in [1.54, 1.807) is 0 Å². The Bertz CT molecular complexity index is 452. The number of nitriles is 2. The SMILES string of the molecule is N#CC1(C#N)CCCCCCCCCCCCCCCCCCCCCCCCCCCC1. The molecule has 0 heterocycles. The summed E-state index contributed by atoms with van der Waals surface area (Å²) in [6.45, 7) is 0. The van der Waals surface area contributed by atoms with Crippen molar-refractivity contribution < 1.29 is 0 Å². The summed E-state index contributed by atoms with van der Waals surface area (Å²) in [4.78, 5) is 0. The molecule has 1 aliphatic carbocycles. The Morgan fingerprint density at radius 3 is 0.576 bits per heavy atom. The summed E-state index contributed by atoms with van der Waals surface area (Å²) >= 11 is 0. The lowest BCUT2D eigenvalue weighted by Gasteiger charge is -2.18. The summed E-state index contributed by atoms with van der Waals surface area (Å²) in [5, 5.41) is 19.3. The highest BCUT2D eigenvalue weighted by Gasteiger charge is 2.28. The first-order valence-electron chi connectivity index (χ1n) is 15.2. The first-order valence-corrected chi connectivity index (χ1v) is 15.2. The van der Waals surface area contributed by atoms with Crippen molar-refractivity contribution in [1.29, 1.82) is 10.5 Å². The van der Waals surface area contributed by atoms with Gasteiger partial charge >= 0.3 is 0 Å². The fourth-order valence-electron chi connectivity index (χ4n) is 5.47. The fourth-order valence-corrected chi connectivity index (χ4v) is 5.47. The topological polar surface area (TPSA) is 47.6 Å². The van der Waals surface area contributed by atoms with Gasteiger partial charge in [-0.2, -0.15) is 10.5 Å². The molecule has 0 bridgehead atoms. The van der Waals surface area contributed by atoms with E-state index in [4.69, 9.17) is 0 Å². The van der Waals surface area contributed by atoms with Crippen LogP contribution in [0.2, 0.25) is 0 Å². The van der Waals surface area contributed by atoms with Gasteiger partial charge < -0.3 is 0 Å². The second-order valence-electron chi connectivity index (χ2n) is 11.0. The van der Waals surface area contributed by atoms with E-state index in [2.05, 4.69) is 12.1 Å². The van der Waals surface area contributed by atoms with Crippen LogP contribution in [0.5, 0.6) is 0 Å². The normalized spacial score (nSPS) is 23.6. The van der Waals surface area contributed by atoms with E-state index >= 15 is 0 Å². The quantitative estimate of drug-likeness (QED) is 0.364. The van der Waals surface area contributed by atoms with Crippen molar-refractivity contribution in [2.45, 2.75) is 180 Å². The second-order valence-corrected chi connectivity index (χ2v) is 11.0. The maximum absolute atomic E-state index is 9.66. The molecule has 0 atom stereocenters. The third-order valence-corrected chi connectivity index (χ3v) is 7.89. The van der Waals surface area contributed by atoms with Crippen molar-refractivity contribution >= 4 is 0 Å². The van der Waals surface area contributed by atoms with Crippen LogP contribution >= 0.6 is 0 Å². The Morgan fingerprint density at radius 2 is 0.424 bits per heavy atom. The van der Waals surface area contributed by atoms with Crippen molar-refractivity contribution in [3.8, 4) is 12.1 Å². The van der Waals surface area contributed by atoms with Crippen LogP contribution in [0.4, 0.5) is 0 Å². The third-order valence-electron chi connectivity index (χ3n) is 7.89. The molecule has 0 saturated heterocycles. The minimum absolute atomic E-state index is 0.721. The summed E-state index contributed by atoms with van der Waals surface area (Å²) in [6.07, 6.45) is 36.9. The Morgan fingerprint density at radius 1 is 0.273 bits per heavy atom. The number of nitrogens with zero attached hydrogens (tertiary/aromatic N) is 2. The molecule has 0 aromatic carbocycles. The molecule has 190 valence electrons. The molecule has 1 rings (SSSR count). The molecule has 1 aliphatic rings. The molecule has 0 N–H and O–H groups in total. The van der Waals surface area contributed by atoms with Crippen LogP contribution in [0.3, 0.4) is 0 Å². The van der Waals surface area contributed by atoms with E-state index in [0.717, 1.165) is 25.7 Å². The summed E-state index contributed by atoms with van der Waals surface area (Å²) < 4.78 is 0. The molecule has 0 aliphatic heterocycles. The van der Waals surface area contributed by atoms with E-state index in [9.17, 15) is 10.5 Å². The monoisotopic (exact) mass is 456 g/mol. The van der Waals surface area contributed by atoms with Crippen molar-refractivity contribution in [3.63, 3.8) is 0 Å². The molecule has 0 radical (unpaired) electrons. The molecule has 0 aromatic heterocycles. The van der Waals surface area contributed by atoms with Crippen molar-refractivity contribution in [1.82, 2.24) is 0 Å². The zero-order chi connectivity index (χ0) is 23.7. The van der Waals surface area contributed by atoms with Gasteiger partial charge in [0, 0.05) is 0 Å². The molecule has 1 fully saturated rings. The number of hydrogen-bond donors (Lipinski definition) is 0. The van der Waals surface area contributed by atoms with Crippen LogP contribution in [-0.2, 0) is 0 Å². The predicted octanol–water partition coefficient (Wildman–Crippen LogP) is 11.0. The van der Waals surface area contributed by atoms with Crippen LogP contribution in [0.15, 0.2) is 0 Å². The first kappa shape index (κ1) is 30.0. The molecule has 33 heavy (non-hydrogen) atoms. The van der Waals surface area contributed by atoms with E-state index in [0.29, 0.717) is 0 Å². The average molecular weight is 457 g/mol. The zero-order valence-electron chi connectivity index (χ0n) is 22.2.